The van der Waals surface area contributed by atoms with E-state index in [4.69, 9.17) is 9.15 Å². The largest absolute Gasteiger partial charge is 0.508 e. The molecule has 0 atom stereocenters. The van der Waals surface area contributed by atoms with Crippen LogP contribution in [0, 0.1) is 6.92 Å². The first-order valence-electron chi connectivity index (χ1n) is 8.25. The summed E-state index contributed by atoms with van der Waals surface area (Å²) in [7, 11) is 0. The van der Waals surface area contributed by atoms with Crippen molar-refractivity contribution in [2.45, 2.75) is 13.5 Å². The molecular weight excluding hydrogens is 348 g/mol. The van der Waals surface area contributed by atoms with Crippen LogP contribution in [0.5, 0.6) is 17.5 Å². The predicted molar refractivity (Wildman–Crippen MR) is 95.8 cm³/mol. The Morgan fingerprint density at radius 2 is 1.93 bits per heavy atom. The van der Waals surface area contributed by atoms with Gasteiger partial charge in [0.05, 0.1) is 0 Å². The molecule has 2 aromatic carbocycles. The number of nitrogens with zero attached hydrogens (tertiary/aromatic N) is 3. The highest BCUT2D eigenvalue weighted by atomic mass is 16.5. The van der Waals surface area contributed by atoms with Crippen molar-refractivity contribution in [2.75, 3.05) is 0 Å². The summed E-state index contributed by atoms with van der Waals surface area (Å²) in [6, 6.07) is 15.8. The molecule has 0 saturated carbocycles. The number of fused-ring (bicyclic) bond motifs is 1. The first-order valence-corrected chi connectivity index (χ1v) is 8.25. The van der Waals surface area contributed by atoms with Crippen molar-refractivity contribution < 1.29 is 19.1 Å². The summed E-state index contributed by atoms with van der Waals surface area (Å²) in [5.41, 5.74) is 1.10. The van der Waals surface area contributed by atoms with Gasteiger partial charge in [0.15, 0.2) is 5.69 Å². The van der Waals surface area contributed by atoms with Gasteiger partial charge in [-0.1, -0.05) is 30.3 Å². The van der Waals surface area contributed by atoms with Crippen molar-refractivity contribution in [1.29, 1.82) is 0 Å². The van der Waals surface area contributed by atoms with Crippen LogP contribution in [-0.4, -0.2) is 25.6 Å². The number of benzene rings is 2. The fourth-order valence-electron chi connectivity index (χ4n) is 2.60. The topological polar surface area (TPSA) is 102 Å². The van der Waals surface area contributed by atoms with E-state index < -0.39 is 0 Å². The van der Waals surface area contributed by atoms with E-state index in [0.29, 0.717) is 18.1 Å². The summed E-state index contributed by atoms with van der Waals surface area (Å²) in [6.07, 6.45) is 0. The zero-order chi connectivity index (χ0) is 18.8. The second kappa shape index (κ2) is 6.83. The average Bonchev–Trinajstić information content (AvgIpc) is 3.17. The van der Waals surface area contributed by atoms with Crippen LogP contribution in [0.1, 0.15) is 21.8 Å². The number of aromatic nitrogens is 3. The van der Waals surface area contributed by atoms with Crippen LogP contribution in [0.15, 0.2) is 59.0 Å². The SMILES string of the molecule is Cc1oc2nc(Oc3ccccc3)nn2c1C(=O)NCc1ccc(O)cc1. The van der Waals surface area contributed by atoms with Crippen LogP contribution in [-0.2, 0) is 6.54 Å². The molecule has 136 valence electrons. The lowest BCUT2D eigenvalue weighted by Crippen LogP contribution is -2.25. The highest BCUT2D eigenvalue weighted by Gasteiger charge is 2.22. The van der Waals surface area contributed by atoms with Gasteiger partial charge < -0.3 is 19.6 Å². The molecule has 0 radical (unpaired) electrons. The molecule has 8 nitrogen and oxygen atoms in total. The fraction of sp³-hybridized carbons (Fsp3) is 0.105. The summed E-state index contributed by atoms with van der Waals surface area (Å²) in [6.45, 7) is 1.97. The minimum absolute atomic E-state index is 0.0903. The van der Waals surface area contributed by atoms with E-state index in [1.165, 1.54) is 4.52 Å². The summed E-state index contributed by atoms with van der Waals surface area (Å²) in [5, 5.41) is 16.3. The summed E-state index contributed by atoms with van der Waals surface area (Å²) in [4.78, 5) is 16.8. The van der Waals surface area contributed by atoms with Crippen molar-refractivity contribution in [3.05, 3.63) is 71.6 Å². The lowest BCUT2D eigenvalue weighted by Gasteiger charge is -2.05. The molecule has 2 aromatic heterocycles. The monoisotopic (exact) mass is 364 g/mol. The van der Waals surface area contributed by atoms with Gasteiger partial charge in [0.25, 0.3) is 5.91 Å². The molecule has 4 rings (SSSR count). The van der Waals surface area contributed by atoms with E-state index >= 15 is 0 Å². The Morgan fingerprint density at radius 1 is 1.19 bits per heavy atom. The number of para-hydroxylation sites is 1. The number of amides is 1. The Hall–Kier alpha value is -3.81. The van der Waals surface area contributed by atoms with Gasteiger partial charge in [-0.3, -0.25) is 4.79 Å². The van der Waals surface area contributed by atoms with Gasteiger partial charge in [-0.2, -0.15) is 4.52 Å². The number of nitrogens with one attached hydrogen (secondary N) is 1. The van der Waals surface area contributed by atoms with Gasteiger partial charge in [-0.05, 0) is 36.8 Å². The third-order valence-electron chi connectivity index (χ3n) is 3.90. The van der Waals surface area contributed by atoms with Gasteiger partial charge in [0.2, 0.25) is 0 Å². The van der Waals surface area contributed by atoms with Crippen molar-refractivity contribution >= 4 is 11.8 Å². The normalized spacial score (nSPS) is 10.9. The third kappa shape index (κ3) is 3.45. The molecule has 4 aromatic rings. The third-order valence-corrected chi connectivity index (χ3v) is 3.90. The molecular formula is C19H16N4O4. The van der Waals surface area contributed by atoms with E-state index in [9.17, 15) is 9.90 Å². The molecule has 1 amide bonds. The van der Waals surface area contributed by atoms with Crippen molar-refractivity contribution in [1.82, 2.24) is 19.9 Å². The molecule has 0 aliphatic carbocycles. The summed E-state index contributed by atoms with van der Waals surface area (Å²) in [5.74, 6) is 0.981. The summed E-state index contributed by atoms with van der Waals surface area (Å²) < 4.78 is 12.4. The Bertz CT molecular complexity index is 1080. The molecule has 8 heteroatoms. The number of phenols is 1. The average molecular weight is 364 g/mol. The number of hydrogen-bond acceptors (Lipinski definition) is 6. The van der Waals surface area contributed by atoms with E-state index in [1.807, 2.05) is 18.2 Å². The lowest BCUT2D eigenvalue weighted by molar-refractivity contribution is 0.0942. The molecule has 0 aliphatic heterocycles. The van der Waals surface area contributed by atoms with Crippen LogP contribution >= 0.6 is 0 Å². The quantitative estimate of drug-likeness (QED) is 0.564. The maximum absolute atomic E-state index is 12.6. The number of aryl methyl sites for hydroxylation is 1. The zero-order valence-corrected chi connectivity index (χ0v) is 14.4. The Kier molecular flexibility index (Phi) is 4.21. The van der Waals surface area contributed by atoms with E-state index in [1.54, 1.807) is 43.3 Å². The standard InChI is InChI=1S/C19H16N4O4/c1-12-16(17(25)20-11-13-7-9-14(24)10-8-13)23-19(26-12)21-18(22-23)27-15-5-3-2-4-6-15/h2-10,24H,11H2,1H3,(H,20,25). The minimum atomic E-state index is -0.351. The highest BCUT2D eigenvalue weighted by molar-refractivity contribution is 5.93. The Balaban J connectivity index is 1.54. The first-order chi connectivity index (χ1) is 13.1. The van der Waals surface area contributed by atoms with Gasteiger partial charge in [0.1, 0.15) is 17.3 Å². The molecule has 0 fully saturated rings. The lowest BCUT2D eigenvalue weighted by atomic mass is 10.2. The number of aromatic hydroxyl groups is 1. The number of rotatable bonds is 5. The molecule has 2 N–H and O–H groups in total. The van der Waals surface area contributed by atoms with Gasteiger partial charge in [-0.25, -0.2) is 0 Å². The zero-order valence-electron chi connectivity index (χ0n) is 14.4. The van der Waals surface area contributed by atoms with Crippen molar-refractivity contribution in [2.24, 2.45) is 0 Å². The second-order valence-electron chi connectivity index (χ2n) is 5.86. The van der Waals surface area contributed by atoms with Gasteiger partial charge in [0, 0.05) is 6.54 Å². The number of carbonyl (C=O) groups is 1. The maximum atomic E-state index is 12.6. The fourth-order valence-corrected chi connectivity index (χ4v) is 2.60. The predicted octanol–water partition coefficient (Wildman–Crippen LogP) is 3.06. The molecule has 0 spiro atoms. The van der Waals surface area contributed by atoms with Gasteiger partial charge in [-0.15, -0.1) is 10.1 Å². The van der Waals surface area contributed by atoms with E-state index in [-0.39, 0.29) is 29.2 Å². The Labute approximate surface area is 154 Å². The molecule has 2 heterocycles. The van der Waals surface area contributed by atoms with Crippen LogP contribution in [0.3, 0.4) is 0 Å². The molecule has 0 unspecified atom stereocenters. The Morgan fingerprint density at radius 3 is 2.67 bits per heavy atom. The van der Waals surface area contributed by atoms with E-state index in [0.717, 1.165) is 5.56 Å². The number of carbonyl (C=O) groups excluding carboxylic acids is 1. The molecule has 27 heavy (non-hydrogen) atoms. The van der Waals surface area contributed by atoms with Crippen molar-refractivity contribution in [3.8, 4) is 17.5 Å². The minimum Gasteiger partial charge on any atom is -0.508 e. The second-order valence-corrected chi connectivity index (χ2v) is 5.86. The van der Waals surface area contributed by atoms with Gasteiger partial charge >= 0.3 is 11.9 Å². The number of hydrogen-bond donors (Lipinski definition) is 2. The number of oxazole rings is 1. The highest BCUT2D eigenvalue weighted by Crippen LogP contribution is 2.21. The van der Waals surface area contributed by atoms with E-state index in [2.05, 4.69) is 15.4 Å². The van der Waals surface area contributed by atoms with Crippen LogP contribution in [0.25, 0.3) is 5.84 Å². The maximum Gasteiger partial charge on any atom is 0.344 e. The van der Waals surface area contributed by atoms with Crippen LogP contribution in [0.2, 0.25) is 0 Å². The molecule has 0 aliphatic rings. The number of phenolic OH excluding ortho intramolecular Hbond substituents is 1. The van der Waals surface area contributed by atoms with Crippen molar-refractivity contribution in [3.63, 3.8) is 0 Å². The number of ether oxygens (including phenoxy) is 1. The first kappa shape index (κ1) is 16.6. The van der Waals surface area contributed by atoms with Crippen LogP contribution < -0.4 is 10.1 Å². The molecule has 0 saturated heterocycles. The van der Waals surface area contributed by atoms with Crippen LogP contribution in [0.4, 0.5) is 0 Å². The summed E-state index contributed by atoms with van der Waals surface area (Å²) >= 11 is 0. The smallest absolute Gasteiger partial charge is 0.344 e. The molecule has 0 bridgehead atoms.